The molecule has 0 heterocycles. The van der Waals surface area contributed by atoms with Gasteiger partial charge in [0.1, 0.15) is 0 Å². The minimum atomic E-state index is -1.13. The molecule has 0 amide bonds. The molecule has 11 heavy (non-hydrogen) atoms. The van der Waals surface area contributed by atoms with Crippen molar-refractivity contribution >= 4 is 0 Å². The summed E-state index contributed by atoms with van der Waals surface area (Å²) >= 11 is 0. The summed E-state index contributed by atoms with van der Waals surface area (Å²) in [6.07, 6.45) is 2.91. The molecule has 1 rings (SSSR count). The number of hydrogen-bond donors (Lipinski definition) is 0. The summed E-state index contributed by atoms with van der Waals surface area (Å²) in [5.41, 5.74) is 0. The molecule has 0 aromatic heterocycles. The first kappa shape index (κ1) is 7.64. The van der Waals surface area contributed by atoms with Gasteiger partial charge in [0.15, 0.2) is 0 Å². The summed E-state index contributed by atoms with van der Waals surface area (Å²) < 4.78 is 0. The zero-order chi connectivity index (χ0) is 8.43. The normalized spacial score (nSPS) is 28.7. The van der Waals surface area contributed by atoms with Crippen LogP contribution in [0.15, 0.2) is 12.2 Å². The Labute approximate surface area is 61.8 Å². The average Bonchev–Trinajstić information content (AvgIpc) is 2.32. The van der Waals surface area contributed by atoms with Crippen LogP contribution in [-0.2, 0) is 0 Å². The SMILES string of the molecule is O=[N+]([O-])[C@@H]1C=CC[C@@H]1[N+](=O)[O-]. The molecular weight excluding hydrogens is 152 g/mol. The number of hydrogen-bond acceptors (Lipinski definition) is 4. The Hall–Kier alpha value is -1.46. The van der Waals surface area contributed by atoms with E-state index < -0.39 is 21.9 Å². The lowest BCUT2D eigenvalue weighted by Gasteiger charge is -2.03. The van der Waals surface area contributed by atoms with Gasteiger partial charge in [-0.1, -0.05) is 6.08 Å². The molecule has 0 fully saturated rings. The third kappa shape index (κ3) is 1.34. The molecule has 0 N–H and O–H groups in total. The first-order valence-electron chi connectivity index (χ1n) is 3.06. The van der Waals surface area contributed by atoms with Crippen LogP contribution in [0.4, 0.5) is 0 Å². The maximum Gasteiger partial charge on any atom is 0.297 e. The lowest BCUT2D eigenvalue weighted by molar-refractivity contribution is -0.605. The summed E-state index contributed by atoms with van der Waals surface area (Å²) in [7, 11) is 0. The highest BCUT2D eigenvalue weighted by Gasteiger charge is 2.41. The van der Waals surface area contributed by atoms with Gasteiger partial charge in [0.05, 0.1) is 0 Å². The van der Waals surface area contributed by atoms with Gasteiger partial charge >= 0.3 is 0 Å². The zero-order valence-electron chi connectivity index (χ0n) is 5.54. The van der Waals surface area contributed by atoms with Crippen molar-refractivity contribution < 1.29 is 9.85 Å². The van der Waals surface area contributed by atoms with Crippen LogP contribution >= 0.6 is 0 Å². The lowest BCUT2D eigenvalue weighted by Crippen LogP contribution is -2.34. The van der Waals surface area contributed by atoms with E-state index in [1.807, 2.05) is 0 Å². The molecule has 0 radical (unpaired) electrons. The summed E-state index contributed by atoms with van der Waals surface area (Å²) in [5.74, 6) is 0. The van der Waals surface area contributed by atoms with Crippen molar-refractivity contribution in [1.82, 2.24) is 0 Å². The Kier molecular flexibility index (Phi) is 1.84. The fourth-order valence-corrected chi connectivity index (χ4v) is 1.05. The standard InChI is InChI=1S/C5H6N2O4/c8-6(9)4-2-1-3-5(4)7(10)11/h1-2,4-5H,3H2/t4-,5+/m1/s1. The molecule has 0 aromatic rings. The second kappa shape index (κ2) is 2.65. The highest BCUT2D eigenvalue weighted by Crippen LogP contribution is 2.16. The first-order chi connectivity index (χ1) is 5.13. The van der Waals surface area contributed by atoms with Gasteiger partial charge in [-0.15, -0.1) is 0 Å². The molecule has 6 heteroatoms. The Morgan fingerprint density at radius 2 is 1.91 bits per heavy atom. The molecular formula is C5H6N2O4. The van der Waals surface area contributed by atoms with E-state index in [0.29, 0.717) is 0 Å². The molecule has 60 valence electrons. The fourth-order valence-electron chi connectivity index (χ4n) is 1.05. The highest BCUT2D eigenvalue weighted by atomic mass is 16.6. The predicted octanol–water partition coefficient (Wildman–Crippen LogP) is 0.237. The third-order valence-electron chi connectivity index (χ3n) is 1.62. The molecule has 0 saturated carbocycles. The van der Waals surface area contributed by atoms with Gasteiger partial charge in [0.2, 0.25) is 0 Å². The van der Waals surface area contributed by atoms with Crippen molar-refractivity contribution in [1.29, 1.82) is 0 Å². The minimum absolute atomic E-state index is 0.165. The molecule has 1 aliphatic carbocycles. The van der Waals surface area contributed by atoms with Gasteiger partial charge in [-0.05, 0) is 6.08 Å². The first-order valence-corrected chi connectivity index (χ1v) is 3.06. The smallest absolute Gasteiger partial charge is 0.264 e. The van der Waals surface area contributed by atoms with Gasteiger partial charge in [-0.25, -0.2) is 0 Å². The maximum atomic E-state index is 10.2. The highest BCUT2D eigenvalue weighted by molar-refractivity contribution is 5.02. The Bertz CT molecular complexity index is 225. The van der Waals surface area contributed by atoms with Crippen LogP contribution in [0.3, 0.4) is 0 Å². The van der Waals surface area contributed by atoms with E-state index in [-0.39, 0.29) is 6.42 Å². The monoisotopic (exact) mass is 158 g/mol. The Morgan fingerprint density at radius 1 is 1.27 bits per heavy atom. The van der Waals surface area contributed by atoms with Crippen molar-refractivity contribution in [3.63, 3.8) is 0 Å². The van der Waals surface area contributed by atoms with Crippen LogP contribution in [0.2, 0.25) is 0 Å². The Balaban J connectivity index is 2.71. The molecule has 0 aromatic carbocycles. The van der Waals surface area contributed by atoms with E-state index in [2.05, 4.69) is 0 Å². The summed E-state index contributed by atoms with van der Waals surface area (Å²) in [6.45, 7) is 0. The van der Waals surface area contributed by atoms with Crippen molar-refractivity contribution in [2.75, 3.05) is 0 Å². The summed E-state index contributed by atoms with van der Waals surface area (Å²) in [6, 6.07) is -2.20. The van der Waals surface area contributed by atoms with Crippen LogP contribution in [0.5, 0.6) is 0 Å². The van der Waals surface area contributed by atoms with Gasteiger partial charge in [0, 0.05) is 16.3 Å². The molecule has 0 aliphatic heterocycles. The van der Waals surface area contributed by atoms with Gasteiger partial charge in [0.25, 0.3) is 12.1 Å². The number of rotatable bonds is 2. The maximum absolute atomic E-state index is 10.2. The van der Waals surface area contributed by atoms with E-state index in [0.717, 1.165) is 0 Å². The molecule has 0 spiro atoms. The van der Waals surface area contributed by atoms with E-state index in [1.165, 1.54) is 12.2 Å². The quantitative estimate of drug-likeness (QED) is 0.327. The zero-order valence-corrected chi connectivity index (χ0v) is 5.54. The second-order valence-corrected chi connectivity index (χ2v) is 2.29. The summed E-state index contributed by atoms with van der Waals surface area (Å²) in [4.78, 5) is 19.1. The second-order valence-electron chi connectivity index (χ2n) is 2.29. The lowest BCUT2D eigenvalue weighted by atomic mass is 10.2. The van der Waals surface area contributed by atoms with Gasteiger partial charge in [-0.3, -0.25) is 20.2 Å². The van der Waals surface area contributed by atoms with Crippen molar-refractivity contribution in [2.24, 2.45) is 0 Å². The topological polar surface area (TPSA) is 86.3 Å². The van der Waals surface area contributed by atoms with Crippen molar-refractivity contribution in [3.8, 4) is 0 Å². The van der Waals surface area contributed by atoms with Crippen LogP contribution in [-0.4, -0.2) is 21.9 Å². The van der Waals surface area contributed by atoms with Crippen LogP contribution in [0.25, 0.3) is 0 Å². The predicted molar refractivity (Wildman–Crippen MR) is 35.3 cm³/mol. The molecule has 6 nitrogen and oxygen atoms in total. The van der Waals surface area contributed by atoms with E-state index in [4.69, 9.17) is 0 Å². The summed E-state index contributed by atoms with van der Waals surface area (Å²) in [5, 5.41) is 20.3. The molecule has 0 saturated heterocycles. The van der Waals surface area contributed by atoms with Crippen LogP contribution < -0.4 is 0 Å². The van der Waals surface area contributed by atoms with Crippen molar-refractivity contribution in [2.45, 2.75) is 18.5 Å². The number of nitrogens with zero attached hydrogens (tertiary/aromatic N) is 2. The van der Waals surface area contributed by atoms with Gasteiger partial charge < -0.3 is 0 Å². The Morgan fingerprint density at radius 3 is 2.27 bits per heavy atom. The molecule has 2 atom stereocenters. The fraction of sp³-hybridized carbons (Fsp3) is 0.600. The van der Waals surface area contributed by atoms with Gasteiger partial charge in [-0.2, -0.15) is 0 Å². The molecule has 1 aliphatic rings. The van der Waals surface area contributed by atoms with Crippen LogP contribution in [0, 0.1) is 20.2 Å². The molecule has 0 bridgehead atoms. The van der Waals surface area contributed by atoms with Crippen LogP contribution in [0.1, 0.15) is 6.42 Å². The van der Waals surface area contributed by atoms with E-state index in [1.54, 1.807) is 0 Å². The number of nitro groups is 2. The van der Waals surface area contributed by atoms with E-state index in [9.17, 15) is 20.2 Å². The van der Waals surface area contributed by atoms with Crippen molar-refractivity contribution in [3.05, 3.63) is 32.4 Å². The third-order valence-corrected chi connectivity index (χ3v) is 1.62. The molecule has 0 unspecified atom stereocenters. The minimum Gasteiger partial charge on any atom is -0.264 e. The largest absolute Gasteiger partial charge is 0.297 e. The van der Waals surface area contributed by atoms with E-state index >= 15 is 0 Å². The average molecular weight is 158 g/mol.